The van der Waals surface area contributed by atoms with Crippen LogP contribution in [0.1, 0.15) is 39.5 Å². The van der Waals surface area contributed by atoms with Gasteiger partial charge in [-0.05, 0) is 51.6 Å². The van der Waals surface area contributed by atoms with E-state index in [1.807, 2.05) is 6.92 Å². The van der Waals surface area contributed by atoms with Crippen molar-refractivity contribution in [1.82, 2.24) is 15.5 Å². The van der Waals surface area contributed by atoms with Gasteiger partial charge in [-0.3, -0.25) is 4.79 Å². The molecule has 4 heteroatoms. The second-order valence-electron chi connectivity index (χ2n) is 5.89. The number of rotatable bonds is 7. The number of amides is 1. The lowest BCUT2D eigenvalue weighted by Gasteiger charge is -2.15. The molecule has 0 aromatic rings. The zero-order valence-corrected chi connectivity index (χ0v) is 11.7. The molecule has 2 fully saturated rings. The molecule has 2 N–H and O–H groups in total. The quantitative estimate of drug-likeness (QED) is 0.711. The van der Waals surface area contributed by atoms with Crippen LogP contribution in [-0.4, -0.2) is 49.1 Å². The molecule has 4 nitrogen and oxygen atoms in total. The summed E-state index contributed by atoms with van der Waals surface area (Å²) in [5.74, 6) is 0.864. The molecule has 2 unspecified atom stereocenters. The van der Waals surface area contributed by atoms with Crippen molar-refractivity contribution < 1.29 is 4.79 Å². The van der Waals surface area contributed by atoms with E-state index in [9.17, 15) is 4.79 Å². The first-order valence-corrected chi connectivity index (χ1v) is 7.43. The van der Waals surface area contributed by atoms with Crippen LogP contribution >= 0.6 is 0 Å². The number of hydrogen-bond donors (Lipinski definition) is 2. The fraction of sp³-hybridized carbons (Fsp3) is 0.929. The molecule has 104 valence electrons. The van der Waals surface area contributed by atoms with Crippen LogP contribution in [0.2, 0.25) is 0 Å². The summed E-state index contributed by atoms with van der Waals surface area (Å²) in [7, 11) is 0. The van der Waals surface area contributed by atoms with Gasteiger partial charge in [0.15, 0.2) is 0 Å². The summed E-state index contributed by atoms with van der Waals surface area (Å²) in [5.41, 5.74) is 0. The third-order valence-electron chi connectivity index (χ3n) is 4.12. The van der Waals surface area contributed by atoms with Crippen LogP contribution in [0, 0.1) is 5.92 Å². The van der Waals surface area contributed by atoms with Gasteiger partial charge in [-0.15, -0.1) is 0 Å². The number of hydrogen-bond acceptors (Lipinski definition) is 3. The van der Waals surface area contributed by atoms with E-state index in [4.69, 9.17) is 0 Å². The monoisotopic (exact) mass is 253 g/mol. The van der Waals surface area contributed by atoms with Gasteiger partial charge in [0.1, 0.15) is 0 Å². The van der Waals surface area contributed by atoms with Crippen molar-refractivity contribution in [3.63, 3.8) is 0 Å². The zero-order chi connectivity index (χ0) is 13.0. The summed E-state index contributed by atoms with van der Waals surface area (Å²) in [4.78, 5) is 14.2. The molecule has 0 radical (unpaired) electrons. The Morgan fingerprint density at radius 2 is 2.17 bits per heavy atom. The van der Waals surface area contributed by atoms with E-state index in [-0.39, 0.29) is 11.9 Å². The number of carbonyl (C=O) groups is 1. The van der Waals surface area contributed by atoms with Crippen molar-refractivity contribution >= 4 is 5.91 Å². The molecule has 1 aliphatic heterocycles. The maximum absolute atomic E-state index is 11.6. The first-order valence-electron chi connectivity index (χ1n) is 7.43. The van der Waals surface area contributed by atoms with Gasteiger partial charge in [-0.25, -0.2) is 0 Å². The Morgan fingerprint density at radius 1 is 1.39 bits per heavy atom. The second kappa shape index (κ2) is 6.53. The summed E-state index contributed by atoms with van der Waals surface area (Å²) in [6.07, 6.45) is 5.08. The lowest BCUT2D eigenvalue weighted by molar-refractivity contribution is -0.120. The van der Waals surface area contributed by atoms with E-state index >= 15 is 0 Å². The Labute approximate surface area is 110 Å². The van der Waals surface area contributed by atoms with Gasteiger partial charge in [0.05, 0.1) is 6.54 Å². The van der Waals surface area contributed by atoms with Crippen LogP contribution in [0.3, 0.4) is 0 Å². The van der Waals surface area contributed by atoms with E-state index in [0.29, 0.717) is 6.54 Å². The zero-order valence-electron chi connectivity index (χ0n) is 11.7. The number of likely N-dealkylation sites (tertiary alicyclic amines) is 1. The van der Waals surface area contributed by atoms with E-state index in [1.165, 1.54) is 32.4 Å². The van der Waals surface area contributed by atoms with Crippen LogP contribution in [0.4, 0.5) is 0 Å². The number of nitrogens with one attached hydrogen (secondary N) is 2. The van der Waals surface area contributed by atoms with E-state index in [2.05, 4.69) is 22.5 Å². The predicted octanol–water partition coefficient (Wildman–Crippen LogP) is 0.975. The Hall–Kier alpha value is -0.610. The van der Waals surface area contributed by atoms with E-state index in [0.717, 1.165) is 24.9 Å². The van der Waals surface area contributed by atoms with Gasteiger partial charge in [-0.2, -0.15) is 0 Å². The average Bonchev–Trinajstić information content (AvgIpc) is 3.10. The molecule has 0 spiro atoms. The largest absolute Gasteiger partial charge is 0.353 e. The SMILES string of the molecule is CCC(C)NC(=O)CNCC1CCN(C2CC2)C1. The minimum absolute atomic E-state index is 0.126. The lowest BCUT2D eigenvalue weighted by atomic mass is 10.1. The minimum Gasteiger partial charge on any atom is -0.353 e. The van der Waals surface area contributed by atoms with Gasteiger partial charge in [-0.1, -0.05) is 6.92 Å². The Morgan fingerprint density at radius 3 is 2.83 bits per heavy atom. The molecule has 2 rings (SSSR count). The average molecular weight is 253 g/mol. The van der Waals surface area contributed by atoms with Gasteiger partial charge < -0.3 is 15.5 Å². The summed E-state index contributed by atoms with van der Waals surface area (Å²) >= 11 is 0. The minimum atomic E-state index is 0.126. The number of carbonyl (C=O) groups excluding carboxylic acids is 1. The molecule has 0 aromatic heterocycles. The number of nitrogens with zero attached hydrogens (tertiary/aromatic N) is 1. The van der Waals surface area contributed by atoms with Crippen molar-refractivity contribution in [2.24, 2.45) is 5.92 Å². The van der Waals surface area contributed by atoms with Gasteiger partial charge in [0.25, 0.3) is 0 Å². The van der Waals surface area contributed by atoms with Gasteiger partial charge in [0.2, 0.25) is 5.91 Å². The van der Waals surface area contributed by atoms with Crippen molar-refractivity contribution in [3.8, 4) is 0 Å². The normalized spacial score (nSPS) is 26.2. The van der Waals surface area contributed by atoms with Crippen molar-refractivity contribution in [1.29, 1.82) is 0 Å². The molecule has 1 saturated carbocycles. The molecule has 0 aromatic carbocycles. The molecule has 1 heterocycles. The molecule has 1 amide bonds. The first-order chi connectivity index (χ1) is 8.69. The van der Waals surface area contributed by atoms with Crippen molar-refractivity contribution in [3.05, 3.63) is 0 Å². The summed E-state index contributed by atoms with van der Waals surface area (Å²) in [5, 5.41) is 6.28. The first kappa shape index (κ1) is 13.8. The smallest absolute Gasteiger partial charge is 0.234 e. The molecule has 2 aliphatic rings. The van der Waals surface area contributed by atoms with Gasteiger partial charge >= 0.3 is 0 Å². The molecular weight excluding hydrogens is 226 g/mol. The fourth-order valence-electron chi connectivity index (χ4n) is 2.62. The molecule has 1 aliphatic carbocycles. The highest BCUT2D eigenvalue weighted by Gasteiger charge is 2.33. The highest BCUT2D eigenvalue weighted by atomic mass is 16.1. The van der Waals surface area contributed by atoms with E-state index < -0.39 is 0 Å². The molecule has 0 bridgehead atoms. The maximum Gasteiger partial charge on any atom is 0.234 e. The summed E-state index contributed by atoms with van der Waals surface area (Å²) in [6.45, 7) is 8.06. The Balaban J connectivity index is 1.54. The lowest BCUT2D eigenvalue weighted by Crippen LogP contribution is -2.40. The third-order valence-corrected chi connectivity index (χ3v) is 4.12. The van der Waals surface area contributed by atoms with Crippen molar-refractivity contribution in [2.75, 3.05) is 26.2 Å². The van der Waals surface area contributed by atoms with Crippen LogP contribution in [0.15, 0.2) is 0 Å². The highest BCUT2D eigenvalue weighted by molar-refractivity contribution is 5.78. The maximum atomic E-state index is 11.6. The topological polar surface area (TPSA) is 44.4 Å². The Bertz CT molecular complexity index is 278. The van der Waals surface area contributed by atoms with Crippen LogP contribution in [0.25, 0.3) is 0 Å². The molecule has 2 atom stereocenters. The second-order valence-corrected chi connectivity index (χ2v) is 5.89. The molecule has 18 heavy (non-hydrogen) atoms. The predicted molar refractivity (Wildman–Crippen MR) is 73.5 cm³/mol. The van der Waals surface area contributed by atoms with Crippen LogP contribution in [-0.2, 0) is 4.79 Å². The van der Waals surface area contributed by atoms with Crippen molar-refractivity contribution in [2.45, 2.75) is 51.6 Å². The fourth-order valence-corrected chi connectivity index (χ4v) is 2.62. The molecular formula is C14H27N3O. The van der Waals surface area contributed by atoms with Gasteiger partial charge in [0, 0.05) is 18.6 Å². The highest BCUT2D eigenvalue weighted by Crippen LogP contribution is 2.31. The van der Waals surface area contributed by atoms with Crippen LogP contribution < -0.4 is 10.6 Å². The third kappa shape index (κ3) is 4.25. The van der Waals surface area contributed by atoms with E-state index in [1.54, 1.807) is 0 Å². The van der Waals surface area contributed by atoms with Crippen LogP contribution in [0.5, 0.6) is 0 Å². The summed E-state index contributed by atoms with van der Waals surface area (Å²) < 4.78 is 0. The molecule has 1 saturated heterocycles. The Kier molecular flexibility index (Phi) is 5.01. The standard InChI is InChI=1S/C14H27N3O/c1-3-11(2)16-14(18)9-15-8-12-6-7-17(10-12)13-4-5-13/h11-13,15H,3-10H2,1-2H3,(H,16,18). The summed E-state index contributed by atoms with van der Waals surface area (Å²) in [6, 6.07) is 1.18.